The molecule has 1 aromatic heterocycles. The highest BCUT2D eigenvalue weighted by Gasteiger charge is 2.20. The molecule has 0 spiro atoms. The van der Waals surface area contributed by atoms with Crippen LogP contribution in [0.25, 0.3) is 34.0 Å². The summed E-state index contributed by atoms with van der Waals surface area (Å²) in [6.07, 6.45) is 2.40. The summed E-state index contributed by atoms with van der Waals surface area (Å²) in [7, 11) is 0. The largest absolute Gasteiger partial charge is 0.416 e. The molecule has 0 aliphatic rings. The Morgan fingerprint density at radius 1 is 0.657 bits per heavy atom. The van der Waals surface area contributed by atoms with E-state index in [9.17, 15) is 0 Å². The lowest BCUT2D eigenvalue weighted by Gasteiger charge is -2.27. The van der Waals surface area contributed by atoms with Gasteiger partial charge >= 0.3 is 0 Å². The topological polar surface area (TPSA) is 38.9 Å². The van der Waals surface area contributed by atoms with E-state index in [-0.39, 0.29) is 5.41 Å². The Hall–Kier alpha value is -3.20. The highest BCUT2D eigenvalue weighted by atomic mass is 16.4. The third-order valence-corrected chi connectivity index (χ3v) is 7.18. The molecule has 35 heavy (non-hydrogen) atoms. The predicted molar refractivity (Wildman–Crippen MR) is 146 cm³/mol. The van der Waals surface area contributed by atoms with Crippen molar-refractivity contribution >= 4 is 0 Å². The predicted octanol–water partition coefficient (Wildman–Crippen LogP) is 9.30. The van der Waals surface area contributed by atoms with Crippen molar-refractivity contribution in [2.45, 2.75) is 72.6 Å². The van der Waals surface area contributed by atoms with Gasteiger partial charge in [-0.25, -0.2) is 0 Å². The summed E-state index contributed by atoms with van der Waals surface area (Å²) in [5.74, 6) is 1.63. The molecule has 1 atom stereocenters. The minimum Gasteiger partial charge on any atom is -0.416 e. The van der Waals surface area contributed by atoms with Crippen molar-refractivity contribution in [3.05, 3.63) is 83.9 Å². The van der Waals surface area contributed by atoms with Gasteiger partial charge in [0.2, 0.25) is 11.8 Å². The molecule has 3 aromatic carbocycles. The van der Waals surface area contributed by atoms with Gasteiger partial charge in [0, 0.05) is 11.1 Å². The number of aromatic nitrogens is 2. The summed E-state index contributed by atoms with van der Waals surface area (Å²) in [4.78, 5) is 0. The fourth-order valence-corrected chi connectivity index (χ4v) is 4.47. The molecule has 1 heterocycles. The van der Waals surface area contributed by atoms with Crippen molar-refractivity contribution in [1.82, 2.24) is 10.2 Å². The molecule has 4 aromatic rings. The summed E-state index contributed by atoms with van der Waals surface area (Å²) in [5.41, 5.74) is 7.43. The zero-order chi connectivity index (χ0) is 25.2. The summed E-state index contributed by atoms with van der Waals surface area (Å²) in [6, 6.07) is 25.7. The van der Waals surface area contributed by atoms with Crippen LogP contribution >= 0.6 is 0 Å². The van der Waals surface area contributed by atoms with Crippen molar-refractivity contribution in [3.63, 3.8) is 0 Å². The van der Waals surface area contributed by atoms with E-state index in [4.69, 9.17) is 4.42 Å². The maximum absolute atomic E-state index is 6.00. The number of benzene rings is 3. The molecule has 0 N–H and O–H groups in total. The standard InChI is InChI=1S/C32H38N2O/c1-8-32(6,7)21-22(2)23-9-11-24(12-10-23)25-13-15-26(16-14-25)29-33-34-30(35-29)27-17-19-28(20-18-27)31(3,4)5/h9-20,22H,8,21H2,1-7H3. The zero-order valence-corrected chi connectivity index (χ0v) is 22.2. The average molecular weight is 467 g/mol. The summed E-state index contributed by atoms with van der Waals surface area (Å²) in [5, 5.41) is 8.56. The first-order valence-electron chi connectivity index (χ1n) is 12.7. The second kappa shape index (κ2) is 9.81. The minimum absolute atomic E-state index is 0.116. The first-order valence-corrected chi connectivity index (χ1v) is 12.7. The summed E-state index contributed by atoms with van der Waals surface area (Å²) in [6.45, 7) is 15.9. The van der Waals surface area contributed by atoms with E-state index in [0.717, 1.165) is 11.1 Å². The quantitative estimate of drug-likeness (QED) is 0.272. The molecule has 4 rings (SSSR count). The van der Waals surface area contributed by atoms with E-state index < -0.39 is 0 Å². The van der Waals surface area contributed by atoms with Crippen LogP contribution in [0.2, 0.25) is 0 Å². The van der Waals surface area contributed by atoms with Gasteiger partial charge in [0.25, 0.3) is 0 Å². The van der Waals surface area contributed by atoms with Crippen molar-refractivity contribution in [3.8, 4) is 34.0 Å². The van der Waals surface area contributed by atoms with Crippen LogP contribution in [-0.2, 0) is 5.41 Å². The van der Waals surface area contributed by atoms with E-state index >= 15 is 0 Å². The minimum atomic E-state index is 0.116. The lowest BCUT2D eigenvalue weighted by atomic mass is 9.79. The number of hydrogen-bond donors (Lipinski definition) is 0. The highest BCUT2D eigenvalue weighted by molar-refractivity contribution is 5.68. The molecule has 0 saturated carbocycles. The lowest BCUT2D eigenvalue weighted by Crippen LogP contribution is -2.13. The molecule has 0 radical (unpaired) electrons. The summed E-state index contributed by atoms with van der Waals surface area (Å²) < 4.78 is 6.00. The Morgan fingerprint density at radius 2 is 1.09 bits per heavy atom. The number of nitrogens with zero attached hydrogens (tertiary/aromatic N) is 2. The van der Waals surface area contributed by atoms with Gasteiger partial charge < -0.3 is 4.42 Å². The molecule has 0 aliphatic heterocycles. The maximum Gasteiger partial charge on any atom is 0.248 e. The van der Waals surface area contributed by atoms with Gasteiger partial charge in [0.15, 0.2) is 0 Å². The molecule has 0 bridgehead atoms. The van der Waals surface area contributed by atoms with E-state index in [0.29, 0.717) is 23.1 Å². The van der Waals surface area contributed by atoms with Crippen LogP contribution in [0.1, 0.15) is 78.4 Å². The molecular formula is C32H38N2O. The average Bonchev–Trinajstić information content (AvgIpc) is 3.34. The molecular weight excluding hydrogens is 428 g/mol. The van der Waals surface area contributed by atoms with Crippen LogP contribution in [0, 0.1) is 5.41 Å². The Kier molecular flexibility index (Phi) is 6.98. The molecule has 0 fully saturated rings. The van der Waals surface area contributed by atoms with Crippen LogP contribution < -0.4 is 0 Å². The fourth-order valence-electron chi connectivity index (χ4n) is 4.47. The van der Waals surface area contributed by atoms with Gasteiger partial charge in [-0.3, -0.25) is 0 Å². The van der Waals surface area contributed by atoms with Crippen molar-refractivity contribution in [2.75, 3.05) is 0 Å². The third kappa shape index (κ3) is 5.90. The SMILES string of the molecule is CCC(C)(C)CC(C)c1ccc(-c2ccc(-c3nnc(-c4ccc(C(C)(C)C)cc4)o3)cc2)cc1. The molecule has 182 valence electrons. The Balaban J connectivity index is 1.46. The van der Waals surface area contributed by atoms with E-state index in [1.807, 2.05) is 0 Å². The molecule has 3 nitrogen and oxygen atoms in total. The number of hydrogen-bond acceptors (Lipinski definition) is 3. The van der Waals surface area contributed by atoms with Gasteiger partial charge in [0.1, 0.15) is 0 Å². The van der Waals surface area contributed by atoms with E-state index in [1.165, 1.54) is 35.1 Å². The molecule has 1 unspecified atom stereocenters. The Morgan fingerprint density at radius 3 is 1.54 bits per heavy atom. The van der Waals surface area contributed by atoms with Crippen molar-refractivity contribution < 1.29 is 4.42 Å². The van der Waals surface area contributed by atoms with Crippen LogP contribution in [0.15, 0.2) is 77.2 Å². The van der Waals surface area contributed by atoms with Gasteiger partial charge in [0.05, 0.1) is 0 Å². The van der Waals surface area contributed by atoms with Crippen molar-refractivity contribution in [1.29, 1.82) is 0 Å². The fraction of sp³-hybridized carbons (Fsp3) is 0.375. The van der Waals surface area contributed by atoms with Crippen LogP contribution in [0.5, 0.6) is 0 Å². The van der Waals surface area contributed by atoms with Gasteiger partial charge in [-0.05, 0) is 69.7 Å². The second-order valence-electron chi connectivity index (χ2n) is 11.6. The van der Waals surface area contributed by atoms with Crippen LogP contribution in [0.3, 0.4) is 0 Å². The number of rotatable bonds is 7. The highest BCUT2D eigenvalue weighted by Crippen LogP contribution is 2.35. The Labute approximate surface area is 210 Å². The monoisotopic (exact) mass is 466 g/mol. The second-order valence-corrected chi connectivity index (χ2v) is 11.6. The van der Waals surface area contributed by atoms with E-state index in [1.54, 1.807) is 0 Å². The maximum atomic E-state index is 6.00. The first kappa shape index (κ1) is 24.9. The molecule has 0 aliphatic carbocycles. The molecule has 0 amide bonds. The zero-order valence-electron chi connectivity index (χ0n) is 22.2. The smallest absolute Gasteiger partial charge is 0.248 e. The normalized spacial score (nSPS) is 13.1. The van der Waals surface area contributed by atoms with E-state index in [2.05, 4.69) is 131 Å². The van der Waals surface area contributed by atoms with Gasteiger partial charge in [-0.15, -0.1) is 10.2 Å². The van der Waals surface area contributed by atoms with Crippen LogP contribution in [-0.4, -0.2) is 10.2 Å². The van der Waals surface area contributed by atoms with Gasteiger partial charge in [-0.1, -0.05) is 103 Å². The van der Waals surface area contributed by atoms with Crippen LogP contribution in [0.4, 0.5) is 0 Å². The van der Waals surface area contributed by atoms with Crippen molar-refractivity contribution in [2.24, 2.45) is 5.41 Å². The molecule has 0 saturated heterocycles. The summed E-state index contributed by atoms with van der Waals surface area (Å²) >= 11 is 0. The first-order chi connectivity index (χ1) is 16.6. The third-order valence-electron chi connectivity index (χ3n) is 7.18. The van der Waals surface area contributed by atoms with Gasteiger partial charge in [-0.2, -0.15) is 0 Å². The molecule has 3 heteroatoms. The lowest BCUT2D eigenvalue weighted by molar-refractivity contribution is 0.299. The Bertz CT molecular complexity index is 1240.